The van der Waals surface area contributed by atoms with Crippen molar-refractivity contribution in [3.63, 3.8) is 0 Å². The third-order valence-electron chi connectivity index (χ3n) is 3.40. The Morgan fingerprint density at radius 2 is 2.14 bits per heavy atom. The predicted octanol–water partition coefficient (Wildman–Crippen LogP) is 1.55. The van der Waals surface area contributed by atoms with Crippen molar-refractivity contribution in [2.45, 2.75) is 18.2 Å². The smallest absolute Gasteiger partial charge is 0.269 e. The molecule has 7 heteroatoms. The van der Waals surface area contributed by atoms with Crippen LogP contribution >= 0.6 is 0 Å². The summed E-state index contributed by atoms with van der Waals surface area (Å²) < 4.78 is 32.3. The van der Waals surface area contributed by atoms with Crippen LogP contribution in [0.3, 0.4) is 0 Å². The summed E-state index contributed by atoms with van der Waals surface area (Å²) in [5, 5.41) is 0. The molecule has 0 atom stereocenters. The minimum absolute atomic E-state index is 0.0849. The van der Waals surface area contributed by atoms with Crippen LogP contribution in [-0.2, 0) is 16.4 Å². The number of aryl methyl sites for hydroxylation is 1. The number of hydrogen-bond acceptors (Lipinski definition) is 5. The van der Waals surface area contributed by atoms with E-state index in [2.05, 4.69) is 9.97 Å². The van der Waals surface area contributed by atoms with Gasteiger partial charge >= 0.3 is 0 Å². The lowest BCUT2D eigenvalue weighted by atomic mass is 10.3. The standard InChI is InChI=1S/C14H15N3O3S/c1-10-8-13(14(20-2)16-9-10)21(18,19)17-7-5-11-12(17)4-3-6-15-11/h3-4,6,8-9H,5,7H2,1-2H3. The second-order valence-electron chi connectivity index (χ2n) is 4.82. The molecule has 6 nitrogen and oxygen atoms in total. The van der Waals surface area contributed by atoms with Gasteiger partial charge in [-0.05, 0) is 30.7 Å². The summed E-state index contributed by atoms with van der Waals surface area (Å²) in [6, 6.07) is 5.08. The molecule has 21 heavy (non-hydrogen) atoms. The summed E-state index contributed by atoms with van der Waals surface area (Å²) >= 11 is 0. The Hall–Kier alpha value is -2.15. The summed E-state index contributed by atoms with van der Waals surface area (Å²) in [6.07, 6.45) is 3.86. The summed E-state index contributed by atoms with van der Waals surface area (Å²) in [4.78, 5) is 8.36. The zero-order valence-corrected chi connectivity index (χ0v) is 12.6. The number of rotatable bonds is 3. The molecule has 0 saturated heterocycles. The van der Waals surface area contributed by atoms with E-state index >= 15 is 0 Å². The number of anilines is 1. The van der Waals surface area contributed by atoms with Gasteiger partial charge in [-0.15, -0.1) is 0 Å². The molecule has 0 unspecified atom stereocenters. The first-order chi connectivity index (χ1) is 10.0. The van der Waals surface area contributed by atoms with E-state index in [1.165, 1.54) is 11.4 Å². The van der Waals surface area contributed by atoms with E-state index in [4.69, 9.17) is 4.74 Å². The molecule has 0 spiro atoms. The lowest BCUT2D eigenvalue weighted by Gasteiger charge is -2.20. The molecule has 3 heterocycles. The first kappa shape index (κ1) is 13.8. The molecule has 0 aromatic carbocycles. The van der Waals surface area contributed by atoms with Gasteiger partial charge in [0.25, 0.3) is 10.0 Å². The molecule has 110 valence electrons. The summed E-state index contributed by atoms with van der Waals surface area (Å²) in [5.74, 6) is 0.109. The minimum atomic E-state index is -3.71. The molecule has 3 rings (SSSR count). The van der Waals surface area contributed by atoms with Gasteiger partial charge in [-0.2, -0.15) is 0 Å². The van der Waals surface area contributed by atoms with Crippen LogP contribution in [-0.4, -0.2) is 32.0 Å². The minimum Gasteiger partial charge on any atom is -0.480 e. The quantitative estimate of drug-likeness (QED) is 0.860. The molecule has 0 fully saturated rings. The number of nitrogens with zero attached hydrogens (tertiary/aromatic N) is 3. The predicted molar refractivity (Wildman–Crippen MR) is 78.0 cm³/mol. The van der Waals surface area contributed by atoms with Crippen LogP contribution in [0.5, 0.6) is 5.88 Å². The molecule has 1 aliphatic heterocycles. The highest BCUT2D eigenvalue weighted by Crippen LogP contribution is 2.34. The SMILES string of the molecule is COc1ncc(C)cc1S(=O)(=O)N1CCc2ncccc21. The maximum Gasteiger partial charge on any atom is 0.269 e. The third kappa shape index (κ3) is 2.23. The number of fused-ring (bicyclic) bond motifs is 1. The first-order valence-corrected chi connectivity index (χ1v) is 7.95. The van der Waals surface area contributed by atoms with Gasteiger partial charge in [0.15, 0.2) is 0 Å². The molecular formula is C14H15N3O3S. The largest absolute Gasteiger partial charge is 0.480 e. The summed E-state index contributed by atoms with van der Waals surface area (Å²) in [5.41, 5.74) is 2.18. The zero-order chi connectivity index (χ0) is 15.0. The first-order valence-electron chi connectivity index (χ1n) is 6.51. The van der Waals surface area contributed by atoms with Gasteiger partial charge in [-0.3, -0.25) is 9.29 Å². The Kier molecular flexibility index (Phi) is 3.29. The van der Waals surface area contributed by atoms with Crippen LogP contribution < -0.4 is 9.04 Å². The van der Waals surface area contributed by atoms with Gasteiger partial charge in [0.1, 0.15) is 4.90 Å². The number of aromatic nitrogens is 2. The average Bonchev–Trinajstić information content (AvgIpc) is 2.92. The number of ether oxygens (including phenoxy) is 1. The Morgan fingerprint density at radius 3 is 2.90 bits per heavy atom. The Morgan fingerprint density at radius 1 is 1.33 bits per heavy atom. The van der Waals surface area contributed by atoms with Crippen molar-refractivity contribution in [3.05, 3.63) is 41.9 Å². The molecule has 0 amide bonds. The second kappa shape index (κ2) is 5.00. The van der Waals surface area contributed by atoms with Crippen molar-refractivity contribution >= 4 is 15.7 Å². The summed E-state index contributed by atoms with van der Waals surface area (Å²) in [7, 11) is -2.30. The number of hydrogen-bond donors (Lipinski definition) is 0. The van der Waals surface area contributed by atoms with Crippen LogP contribution in [0.25, 0.3) is 0 Å². The Balaban J connectivity index is 2.13. The van der Waals surface area contributed by atoms with Crippen LogP contribution in [0.15, 0.2) is 35.5 Å². The van der Waals surface area contributed by atoms with Crippen molar-refractivity contribution in [2.24, 2.45) is 0 Å². The van der Waals surface area contributed by atoms with Gasteiger partial charge in [-0.1, -0.05) is 0 Å². The lowest BCUT2D eigenvalue weighted by molar-refractivity contribution is 0.384. The topological polar surface area (TPSA) is 72.4 Å². The van der Waals surface area contributed by atoms with Gasteiger partial charge in [0.2, 0.25) is 5.88 Å². The van der Waals surface area contributed by atoms with Crippen LogP contribution in [0.2, 0.25) is 0 Å². The maximum atomic E-state index is 12.9. The van der Waals surface area contributed by atoms with Gasteiger partial charge in [-0.25, -0.2) is 13.4 Å². The van der Waals surface area contributed by atoms with Crippen molar-refractivity contribution < 1.29 is 13.2 Å². The van der Waals surface area contributed by atoms with E-state index in [1.54, 1.807) is 37.5 Å². The van der Waals surface area contributed by atoms with Crippen LogP contribution in [0, 0.1) is 6.92 Å². The highest BCUT2D eigenvalue weighted by molar-refractivity contribution is 7.93. The van der Waals surface area contributed by atoms with Gasteiger partial charge in [0.05, 0.1) is 18.5 Å². The Labute approximate surface area is 123 Å². The molecule has 0 radical (unpaired) electrons. The molecule has 1 aliphatic rings. The van der Waals surface area contributed by atoms with E-state index in [9.17, 15) is 8.42 Å². The molecule has 2 aromatic rings. The number of sulfonamides is 1. The Bertz CT molecular complexity index is 790. The molecule has 0 bridgehead atoms. The third-order valence-corrected chi connectivity index (χ3v) is 5.21. The monoisotopic (exact) mass is 305 g/mol. The summed E-state index contributed by atoms with van der Waals surface area (Å²) in [6.45, 7) is 2.18. The molecule has 0 N–H and O–H groups in total. The fraction of sp³-hybridized carbons (Fsp3) is 0.286. The van der Waals surface area contributed by atoms with E-state index in [1.807, 2.05) is 0 Å². The van der Waals surface area contributed by atoms with Crippen molar-refractivity contribution in [2.75, 3.05) is 18.0 Å². The lowest BCUT2D eigenvalue weighted by Crippen LogP contribution is -2.29. The van der Waals surface area contributed by atoms with Crippen molar-refractivity contribution in [3.8, 4) is 5.88 Å². The van der Waals surface area contributed by atoms with E-state index in [-0.39, 0.29) is 10.8 Å². The van der Waals surface area contributed by atoms with Gasteiger partial charge in [0, 0.05) is 25.4 Å². The maximum absolute atomic E-state index is 12.9. The highest BCUT2D eigenvalue weighted by atomic mass is 32.2. The second-order valence-corrected chi connectivity index (χ2v) is 6.65. The van der Waals surface area contributed by atoms with E-state index in [0.29, 0.717) is 18.7 Å². The fourth-order valence-electron chi connectivity index (χ4n) is 2.41. The number of methoxy groups -OCH3 is 1. The van der Waals surface area contributed by atoms with Crippen molar-refractivity contribution in [1.29, 1.82) is 0 Å². The molecule has 2 aromatic heterocycles. The van der Waals surface area contributed by atoms with Crippen LogP contribution in [0.1, 0.15) is 11.3 Å². The number of pyridine rings is 2. The molecule has 0 saturated carbocycles. The van der Waals surface area contributed by atoms with Gasteiger partial charge < -0.3 is 4.74 Å². The van der Waals surface area contributed by atoms with E-state index in [0.717, 1.165) is 11.3 Å². The van der Waals surface area contributed by atoms with Crippen LogP contribution in [0.4, 0.5) is 5.69 Å². The normalized spacial score (nSPS) is 14.1. The van der Waals surface area contributed by atoms with E-state index < -0.39 is 10.0 Å². The molecule has 0 aliphatic carbocycles. The zero-order valence-electron chi connectivity index (χ0n) is 11.8. The highest BCUT2D eigenvalue weighted by Gasteiger charge is 2.34. The molecular weight excluding hydrogens is 290 g/mol. The van der Waals surface area contributed by atoms with Crippen molar-refractivity contribution in [1.82, 2.24) is 9.97 Å². The average molecular weight is 305 g/mol. The fourth-order valence-corrected chi connectivity index (χ4v) is 4.10.